The van der Waals surface area contributed by atoms with E-state index >= 15 is 0 Å². The first kappa shape index (κ1) is 13.5. The summed E-state index contributed by atoms with van der Waals surface area (Å²) >= 11 is 5.81. The molecule has 0 aliphatic heterocycles. The minimum Gasteiger partial charge on any atom is -0.420 e. The van der Waals surface area contributed by atoms with Crippen LogP contribution in [0.3, 0.4) is 0 Å². The van der Waals surface area contributed by atoms with Crippen molar-refractivity contribution < 1.29 is 4.43 Å². The Morgan fingerprint density at radius 1 is 1.19 bits per heavy atom. The molecule has 0 spiro atoms. The highest BCUT2D eigenvalue weighted by Gasteiger charge is 1.92. The minimum absolute atomic E-state index is 0.794. The van der Waals surface area contributed by atoms with Gasteiger partial charge in [-0.05, 0) is 43.6 Å². The van der Waals surface area contributed by atoms with Crippen molar-refractivity contribution in [1.29, 1.82) is 0 Å². The van der Waals surface area contributed by atoms with E-state index in [-0.39, 0.29) is 0 Å². The molecule has 0 radical (unpaired) electrons. The zero-order valence-electron chi connectivity index (χ0n) is 9.95. The van der Waals surface area contributed by atoms with Gasteiger partial charge in [-0.3, -0.25) is 0 Å². The first-order valence-electron chi connectivity index (χ1n) is 5.69. The number of allylic oxidation sites excluding steroid dienone is 1. The summed E-state index contributed by atoms with van der Waals surface area (Å²) in [5.74, 6) is 0. The van der Waals surface area contributed by atoms with Crippen LogP contribution in [0.15, 0.2) is 36.4 Å². The summed E-state index contributed by atoms with van der Waals surface area (Å²) in [6.07, 6.45) is 6.36. The second kappa shape index (κ2) is 7.66. The Kier molecular flexibility index (Phi) is 6.46. The maximum atomic E-state index is 5.81. The topological polar surface area (TPSA) is 9.23 Å². The Balaban J connectivity index is 2.19. The van der Waals surface area contributed by atoms with Crippen LogP contribution >= 0.6 is 11.6 Å². The zero-order valence-corrected chi connectivity index (χ0v) is 11.9. The number of benzene rings is 1. The lowest BCUT2D eigenvalue weighted by atomic mass is 10.1. The van der Waals surface area contributed by atoms with E-state index in [0.29, 0.717) is 0 Å². The summed E-state index contributed by atoms with van der Waals surface area (Å²) in [5, 5.41) is 0.794. The van der Waals surface area contributed by atoms with Gasteiger partial charge >= 0.3 is 0 Å². The highest BCUT2D eigenvalue weighted by molar-refractivity contribution is 6.48. The van der Waals surface area contributed by atoms with E-state index in [2.05, 4.69) is 37.4 Å². The Morgan fingerprint density at radius 3 is 2.50 bits per heavy atom. The summed E-state index contributed by atoms with van der Waals surface area (Å²) in [5.41, 5.74) is 1.29. The largest absolute Gasteiger partial charge is 0.420 e. The fourth-order valence-electron chi connectivity index (χ4n) is 1.33. The minimum atomic E-state index is -0.836. The average Bonchev–Trinajstić information content (AvgIpc) is 2.25. The molecular formula is C13H19ClOSi. The number of hydrogen-bond donors (Lipinski definition) is 0. The van der Waals surface area contributed by atoms with Crippen molar-refractivity contribution in [2.45, 2.75) is 25.9 Å². The molecule has 0 heterocycles. The third-order valence-electron chi connectivity index (χ3n) is 2.17. The number of hydrogen-bond acceptors (Lipinski definition) is 1. The van der Waals surface area contributed by atoms with E-state index in [4.69, 9.17) is 16.0 Å². The predicted molar refractivity (Wildman–Crippen MR) is 73.7 cm³/mol. The second-order valence-electron chi connectivity index (χ2n) is 4.01. The lowest BCUT2D eigenvalue weighted by Crippen LogP contribution is -2.07. The Hall–Kier alpha value is -0.573. The van der Waals surface area contributed by atoms with Crippen molar-refractivity contribution in [3.05, 3.63) is 47.0 Å². The van der Waals surface area contributed by atoms with Gasteiger partial charge in [-0.2, -0.15) is 0 Å². The van der Waals surface area contributed by atoms with Gasteiger partial charge in [-0.1, -0.05) is 35.9 Å². The molecule has 0 saturated carbocycles. The highest BCUT2D eigenvalue weighted by Crippen LogP contribution is 2.10. The van der Waals surface area contributed by atoms with Gasteiger partial charge in [0, 0.05) is 11.6 Å². The molecule has 1 aromatic rings. The normalized spacial score (nSPS) is 11.5. The number of halogens is 1. The van der Waals surface area contributed by atoms with E-state index in [0.717, 1.165) is 24.5 Å². The molecule has 0 aliphatic carbocycles. The van der Waals surface area contributed by atoms with E-state index in [1.807, 2.05) is 12.1 Å². The zero-order chi connectivity index (χ0) is 11.8. The molecule has 1 rings (SSSR count). The molecule has 0 N–H and O–H groups in total. The Bertz CT molecular complexity index is 319. The van der Waals surface area contributed by atoms with Gasteiger partial charge < -0.3 is 4.43 Å². The van der Waals surface area contributed by atoms with Crippen molar-refractivity contribution in [1.82, 2.24) is 0 Å². The molecule has 0 aliphatic rings. The van der Waals surface area contributed by atoms with Gasteiger partial charge in [0.25, 0.3) is 0 Å². The fourth-order valence-corrected chi connectivity index (χ4v) is 2.06. The smallest absolute Gasteiger partial charge is 0.170 e. The van der Waals surface area contributed by atoms with Crippen LogP contribution in [0.25, 0.3) is 0 Å². The van der Waals surface area contributed by atoms with Crippen LogP contribution in [-0.4, -0.2) is 15.6 Å². The molecule has 0 atom stereocenters. The van der Waals surface area contributed by atoms with E-state index in [9.17, 15) is 0 Å². The van der Waals surface area contributed by atoms with Gasteiger partial charge in [0.1, 0.15) is 0 Å². The lowest BCUT2D eigenvalue weighted by molar-refractivity contribution is 0.334. The second-order valence-corrected chi connectivity index (χ2v) is 6.88. The van der Waals surface area contributed by atoms with Crippen molar-refractivity contribution in [3.63, 3.8) is 0 Å². The van der Waals surface area contributed by atoms with E-state index < -0.39 is 9.04 Å². The van der Waals surface area contributed by atoms with Crippen LogP contribution in [0.2, 0.25) is 18.1 Å². The molecule has 0 amide bonds. The molecule has 1 nitrogen and oxygen atoms in total. The van der Waals surface area contributed by atoms with Crippen LogP contribution in [0.1, 0.15) is 12.0 Å². The van der Waals surface area contributed by atoms with E-state index in [1.54, 1.807) is 0 Å². The van der Waals surface area contributed by atoms with Gasteiger partial charge in [-0.15, -0.1) is 0 Å². The van der Waals surface area contributed by atoms with Crippen LogP contribution in [0.4, 0.5) is 0 Å². The standard InChI is InChI=1S/C13H19ClOSi/c1-16(2)15-11-5-3-4-6-12-7-9-13(14)10-8-12/h3-4,7-10,16H,5-6,11H2,1-2H3. The molecule has 88 valence electrons. The van der Waals surface area contributed by atoms with Crippen molar-refractivity contribution in [3.8, 4) is 0 Å². The summed E-state index contributed by atoms with van der Waals surface area (Å²) in [4.78, 5) is 0. The van der Waals surface area contributed by atoms with Crippen LogP contribution < -0.4 is 0 Å². The van der Waals surface area contributed by atoms with Gasteiger partial charge in [0.05, 0.1) is 0 Å². The summed E-state index contributed by atoms with van der Waals surface area (Å²) in [6, 6.07) is 7.98. The Morgan fingerprint density at radius 2 is 1.88 bits per heavy atom. The van der Waals surface area contributed by atoms with Gasteiger partial charge in [0.15, 0.2) is 9.04 Å². The van der Waals surface area contributed by atoms with Crippen LogP contribution in [0.5, 0.6) is 0 Å². The molecule has 0 bridgehead atoms. The maximum Gasteiger partial charge on any atom is 0.170 e. The van der Waals surface area contributed by atoms with Crippen LogP contribution in [0, 0.1) is 0 Å². The first-order chi connectivity index (χ1) is 7.68. The summed E-state index contributed by atoms with van der Waals surface area (Å²) < 4.78 is 5.58. The lowest BCUT2D eigenvalue weighted by Gasteiger charge is -2.03. The quantitative estimate of drug-likeness (QED) is 0.426. The van der Waals surface area contributed by atoms with Crippen molar-refractivity contribution in [2.75, 3.05) is 6.61 Å². The molecule has 0 fully saturated rings. The average molecular weight is 255 g/mol. The third kappa shape index (κ3) is 6.11. The highest BCUT2D eigenvalue weighted by atomic mass is 35.5. The summed E-state index contributed by atoms with van der Waals surface area (Å²) in [7, 11) is -0.836. The molecule has 16 heavy (non-hydrogen) atoms. The molecule has 1 aromatic carbocycles. The molecule has 3 heteroatoms. The molecular weight excluding hydrogens is 236 g/mol. The van der Waals surface area contributed by atoms with Gasteiger partial charge in [-0.25, -0.2) is 0 Å². The Labute approximate surface area is 105 Å². The molecule has 0 unspecified atom stereocenters. The maximum absolute atomic E-state index is 5.81. The van der Waals surface area contributed by atoms with Crippen LogP contribution in [-0.2, 0) is 10.8 Å². The summed E-state index contributed by atoms with van der Waals surface area (Å²) in [6.45, 7) is 5.25. The third-order valence-corrected chi connectivity index (χ3v) is 3.32. The first-order valence-corrected chi connectivity index (χ1v) is 8.85. The fraction of sp³-hybridized carbons (Fsp3) is 0.385. The van der Waals surface area contributed by atoms with Crippen molar-refractivity contribution in [2.24, 2.45) is 0 Å². The predicted octanol–water partition coefficient (Wildman–Crippen LogP) is 3.83. The molecule has 0 saturated heterocycles. The SMILES string of the molecule is C[SiH](C)OCCC=CCc1ccc(Cl)cc1. The molecule has 0 aromatic heterocycles. The van der Waals surface area contributed by atoms with Gasteiger partial charge in [0.2, 0.25) is 0 Å². The number of rotatable bonds is 6. The monoisotopic (exact) mass is 254 g/mol. The van der Waals surface area contributed by atoms with Crippen molar-refractivity contribution >= 4 is 20.6 Å². The van der Waals surface area contributed by atoms with E-state index in [1.165, 1.54) is 5.56 Å².